The molecule has 2 aromatic rings. The number of halogens is 2. The molecule has 1 aromatic carbocycles. The maximum absolute atomic E-state index is 12.5. The van der Waals surface area contributed by atoms with Gasteiger partial charge in [0.1, 0.15) is 11.4 Å². The molecule has 0 atom stereocenters. The third kappa shape index (κ3) is 4.48. The summed E-state index contributed by atoms with van der Waals surface area (Å²) in [5, 5.41) is 0.519. The normalized spacial score (nSPS) is 11.3. The number of rotatable bonds is 3. The lowest BCUT2D eigenvalue weighted by molar-refractivity contribution is 0.0576. The molecule has 22 heavy (non-hydrogen) atoms. The fourth-order valence-corrected chi connectivity index (χ4v) is 2.19. The molecule has 0 spiro atoms. The zero-order valence-corrected chi connectivity index (χ0v) is 14.9. The second-order valence-corrected chi connectivity index (χ2v) is 6.96. The van der Waals surface area contributed by atoms with Crippen molar-refractivity contribution in [3.8, 4) is 0 Å². The van der Waals surface area contributed by atoms with Crippen LogP contribution in [-0.2, 0) is 11.3 Å². The van der Waals surface area contributed by atoms with Crippen molar-refractivity contribution in [2.45, 2.75) is 32.9 Å². The minimum Gasteiger partial charge on any atom is -0.443 e. The number of carbonyl (C=O) groups is 1. The maximum atomic E-state index is 12.5. The number of H-pyrrole nitrogens is 1. The SMILES string of the molecule is CC(C)(C)OC(=O)N(Cc1ncc[nH]1)c1ccc(Br)c(Cl)c1. The maximum Gasteiger partial charge on any atom is 0.415 e. The highest BCUT2D eigenvalue weighted by molar-refractivity contribution is 9.10. The van der Waals surface area contributed by atoms with Crippen LogP contribution in [0.25, 0.3) is 0 Å². The Labute approximate surface area is 142 Å². The van der Waals surface area contributed by atoms with Gasteiger partial charge in [0.25, 0.3) is 0 Å². The molecule has 0 aliphatic carbocycles. The summed E-state index contributed by atoms with van der Waals surface area (Å²) in [7, 11) is 0. The number of ether oxygens (including phenoxy) is 1. The molecule has 0 unspecified atom stereocenters. The van der Waals surface area contributed by atoms with Crippen LogP contribution in [0.5, 0.6) is 0 Å². The van der Waals surface area contributed by atoms with E-state index < -0.39 is 11.7 Å². The van der Waals surface area contributed by atoms with Crippen molar-refractivity contribution in [1.29, 1.82) is 0 Å². The molecule has 5 nitrogen and oxygen atoms in total. The first-order chi connectivity index (χ1) is 10.3. The van der Waals surface area contributed by atoms with Crippen LogP contribution in [0, 0.1) is 0 Å². The number of aromatic nitrogens is 2. The summed E-state index contributed by atoms with van der Waals surface area (Å²) < 4.78 is 6.23. The Bertz CT molecular complexity index is 653. The van der Waals surface area contributed by atoms with Crippen molar-refractivity contribution < 1.29 is 9.53 Å². The Kier molecular flexibility index (Phi) is 5.13. The van der Waals surface area contributed by atoms with Crippen LogP contribution in [0.4, 0.5) is 10.5 Å². The van der Waals surface area contributed by atoms with Crippen molar-refractivity contribution in [3.63, 3.8) is 0 Å². The molecule has 0 fully saturated rings. The molecule has 0 saturated carbocycles. The molecular weight excluding hydrogens is 370 g/mol. The van der Waals surface area contributed by atoms with Crippen LogP contribution in [0.15, 0.2) is 35.1 Å². The van der Waals surface area contributed by atoms with E-state index in [9.17, 15) is 4.79 Å². The molecule has 1 N–H and O–H groups in total. The van der Waals surface area contributed by atoms with Gasteiger partial charge in [-0.2, -0.15) is 0 Å². The second-order valence-electron chi connectivity index (χ2n) is 5.70. The van der Waals surface area contributed by atoms with Crippen molar-refractivity contribution in [1.82, 2.24) is 9.97 Å². The first-order valence-corrected chi connectivity index (χ1v) is 7.87. The summed E-state index contributed by atoms with van der Waals surface area (Å²) in [4.78, 5) is 21.1. The number of imidazole rings is 1. The Morgan fingerprint density at radius 2 is 2.18 bits per heavy atom. The van der Waals surface area contributed by atoms with Crippen LogP contribution in [0.1, 0.15) is 26.6 Å². The Hall–Kier alpha value is -1.53. The summed E-state index contributed by atoms with van der Waals surface area (Å²) in [5.74, 6) is 0.657. The number of benzene rings is 1. The molecule has 118 valence electrons. The highest BCUT2D eigenvalue weighted by Crippen LogP contribution is 2.29. The number of hydrogen-bond acceptors (Lipinski definition) is 3. The van der Waals surface area contributed by atoms with Gasteiger partial charge in [-0.1, -0.05) is 11.6 Å². The van der Waals surface area contributed by atoms with Crippen molar-refractivity contribution in [3.05, 3.63) is 45.9 Å². The summed E-state index contributed by atoms with van der Waals surface area (Å²) >= 11 is 9.47. The highest BCUT2D eigenvalue weighted by Gasteiger charge is 2.24. The Morgan fingerprint density at radius 1 is 1.45 bits per heavy atom. The molecule has 0 saturated heterocycles. The van der Waals surface area contributed by atoms with E-state index >= 15 is 0 Å². The fourth-order valence-electron chi connectivity index (χ4n) is 1.77. The number of nitrogens with one attached hydrogen (secondary N) is 1. The average molecular weight is 387 g/mol. The van der Waals surface area contributed by atoms with Gasteiger partial charge in [0.05, 0.1) is 11.6 Å². The molecule has 0 aliphatic rings. The molecule has 0 radical (unpaired) electrons. The molecule has 2 rings (SSSR count). The number of anilines is 1. The third-order valence-electron chi connectivity index (χ3n) is 2.69. The standard InChI is InChI=1S/C15H17BrClN3O2/c1-15(2,3)22-14(21)20(9-13-18-6-7-19-13)10-4-5-11(16)12(17)8-10/h4-8H,9H2,1-3H3,(H,18,19). The number of carbonyl (C=O) groups excluding carboxylic acids is 1. The molecule has 1 aromatic heterocycles. The van der Waals surface area contributed by atoms with Gasteiger partial charge in [-0.05, 0) is 54.9 Å². The Morgan fingerprint density at radius 3 is 2.73 bits per heavy atom. The highest BCUT2D eigenvalue weighted by atomic mass is 79.9. The summed E-state index contributed by atoms with van der Waals surface area (Å²) in [6.07, 6.45) is 2.89. The third-order valence-corrected chi connectivity index (χ3v) is 3.92. The van der Waals surface area contributed by atoms with E-state index in [1.807, 2.05) is 20.8 Å². The monoisotopic (exact) mass is 385 g/mol. The van der Waals surface area contributed by atoms with Gasteiger partial charge in [0.15, 0.2) is 0 Å². The smallest absolute Gasteiger partial charge is 0.415 e. The van der Waals surface area contributed by atoms with Gasteiger partial charge in [-0.3, -0.25) is 4.90 Å². The van der Waals surface area contributed by atoms with E-state index in [2.05, 4.69) is 25.9 Å². The number of amides is 1. The van der Waals surface area contributed by atoms with Crippen molar-refractivity contribution >= 4 is 39.3 Å². The molecule has 7 heteroatoms. The summed E-state index contributed by atoms with van der Waals surface area (Å²) in [5.41, 5.74) is 0.0522. The summed E-state index contributed by atoms with van der Waals surface area (Å²) in [6, 6.07) is 5.29. The Balaban J connectivity index is 2.31. The molecular formula is C15H17BrClN3O2. The molecule has 1 amide bonds. The number of aromatic amines is 1. The van der Waals surface area contributed by atoms with E-state index in [4.69, 9.17) is 16.3 Å². The molecule has 0 aliphatic heterocycles. The fraction of sp³-hybridized carbons (Fsp3) is 0.333. The first-order valence-electron chi connectivity index (χ1n) is 6.70. The van der Waals surface area contributed by atoms with Gasteiger partial charge >= 0.3 is 6.09 Å². The van der Waals surface area contributed by atoms with Crippen LogP contribution < -0.4 is 4.90 Å². The van der Waals surface area contributed by atoms with Gasteiger partial charge in [0, 0.05) is 22.6 Å². The van der Waals surface area contributed by atoms with E-state index in [1.54, 1.807) is 30.6 Å². The average Bonchev–Trinajstić information content (AvgIpc) is 2.90. The van der Waals surface area contributed by atoms with E-state index in [0.29, 0.717) is 16.5 Å². The summed E-state index contributed by atoms with van der Waals surface area (Å²) in [6.45, 7) is 5.74. The van der Waals surface area contributed by atoms with Crippen molar-refractivity contribution in [2.24, 2.45) is 0 Å². The molecule has 0 bridgehead atoms. The minimum atomic E-state index is -0.586. The van der Waals surface area contributed by atoms with Gasteiger partial charge in [0.2, 0.25) is 0 Å². The zero-order valence-electron chi connectivity index (χ0n) is 12.6. The number of hydrogen-bond donors (Lipinski definition) is 1. The van der Waals surface area contributed by atoms with Crippen molar-refractivity contribution in [2.75, 3.05) is 4.90 Å². The molecule has 1 heterocycles. The van der Waals surface area contributed by atoms with Crippen LogP contribution >= 0.6 is 27.5 Å². The predicted octanol–water partition coefficient (Wildman–Crippen LogP) is 4.77. The van der Waals surface area contributed by atoms with Gasteiger partial charge < -0.3 is 9.72 Å². The quantitative estimate of drug-likeness (QED) is 0.827. The van der Waals surface area contributed by atoms with E-state index in [-0.39, 0.29) is 6.54 Å². The first kappa shape index (κ1) is 16.8. The van der Waals surface area contributed by atoms with Crippen LogP contribution in [-0.4, -0.2) is 21.7 Å². The lowest BCUT2D eigenvalue weighted by Gasteiger charge is -2.27. The number of nitrogens with zero attached hydrogens (tertiary/aromatic N) is 2. The largest absolute Gasteiger partial charge is 0.443 e. The van der Waals surface area contributed by atoms with Gasteiger partial charge in [-0.15, -0.1) is 0 Å². The van der Waals surface area contributed by atoms with E-state index in [0.717, 1.165) is 4.47 Å². The predicted molar refractivity (Wildman–Crippen MR) is 90.2 cm³/mol. The topological polar surface area (TPSA) is 58.2 Å². The second kappa shape index (κ2) is 6.71. The zero-order chi connectivity index (χ0) is 16.3. The lowest BCUT2D eigenvalue weighted by Crippen LogP contribution is -2.36. The van der Waals surface area contributed by atoms with Gasteiger partial charge in [-0.25, -0.2) is 9.78 Å². The van der Waals surface area contributed by atoms with E-state index in [1.165, 1.54) is 4.90 Å². The minimum absolute atomic E-state index is 0.264. The van der Waals surface area contributed by atoms with Crippen LogP contribution in [0.2, 0.25) is 5.02 Å². The lowest BCUT2D eigenvalue weighted by atomic mass is 10.2. The van der Waals surface area contributed by atoms with Crippen LogP contribution in [0.3, 0.4) is 0 Å².